The highest BCUT2D eigenvalue weighted by molar-refractivity contribution is 5.91. The van der Waals surface area contributed by atoms with Crippen LogP contribution in [-0.4, -0.2) is 35.6 Å². The number of hydrogen-bond acceptors (Lipinski definition) is 5. The molecule has 2 heterocycles. The summed E-state index contributed by atoms with van der Waals surface area (Å²) >= 11 is 0. The van der Waals surface area contributed by atoms with E-state index in [9.17, 15) is 9.59 Å². The Balaban J connectivity index is 1.74. The van der Waals surface area contributed by atoms with Gasteiger partial charge in [0.25, 0.3) is 0 Å². The first-order valence-electron chi connectivity index (χ1n) is 11.4. The van der Waals surface area contributed by atoms with E-state index in [2.05, 4.69) is 39.8 Å². The fourth-order valence-corrected chi connectivity index (χ4v) is 3.54. The largest absolute Gasteiger partial charge is 0.493 e. The number of benzene rings is 1. The zero-order chi connectivity index (χ0) is 24.5. The van der Waals surface area contributed by atoms with Crippen LogP contribution < -0.4 is 25.4 Å². The Morgan fingerprint density at radius 2 is 1.88 bits per heavy atom. The van der Waals surface area contributed by atoms with Gasteiger partial charge in [-0.15, -0.1) is 0 Å². The van der Waals surface area contributed by atoms with Crippen molar-refractivity contribution in [2.75, 3.05) is 19.0 Å². The molecular weight excluding hydrogens is 434 g/mol. The second kappa shape index (κ2) is 11.9. The summed E-state index contributed by atoms with van der Waals surface area (Å²) in [5.74, 6) is 1.51. The number of nitrogens with zero attached hydrogens (tertiary/aromatic N) is 1. The van der Waals surface area contributed by atoms with Gasteiger partial charge in [-0.1, -0.05) is 13.8 Å². The maximum absolute atomic E-state index is 12.7. The van der Waals surface area contributed by atoms with Crippen molar-refractivity contribution < 1.29 is 19.1 Å². The first-order chi connectivity index (χ1) is 16.4. The molecule has 9 heteroatoms. The molecule has 34 heavy (non-hydrogen) atoms. The Labute approximate surface area is 199 Å². The van der Waals surface area contributed by atoms with Gasteiger partial charge in [0.1, 0.15) is 5.65 Å². The van der Waals surface area contributed by atoms with Crippen LogP contribution in [0.3, 0.4) is 0 Å². The molecule has 0 unspecified atom stereocenters. The predicted octanol–water partition coefficient (Wildman–Crippen LogP) is 4.34. The van der Waals surface area contributed by atoms with E-state index in [0.29, 0.717) is 41.8 Å². The Morgan fingerprint density at radius 1 is 1.09 bits per heavy atom. The normalized spacial score (nSPS) is 10.9. The van der Waals surface area contributed by atoms with Gasteiger partial charge in [-0.05, 0) is 48.1 Å². The van der Waals surface area contributed by atoms with Crippen molar-refractivity contribution in [2.45, 2.75) is 46.7 Å². The number of amides is 3. The van der Waals surface area contributed by atoms with E-state index < -0.39 is 0 Å². The summed E-state index contributed by atoms with van der Waals surface area (Å²) in [5, 5.41) is 9.49. The Morgan fingerprint density at radius 3 is 2.62 bits per heavy atom. The minimum Gasteiger partial charge on any atom is -0.493 e. The van der Waals surface area contributed by atoms with Gasteiger partial charge in [0.15, 0.2) is 11.5 Å². The monoisotopic (exact) mass is 467 g/mol. The number of fused-ring (bicyclic) bond motifs is 1. The highest BCUT2D eigenvalue weighted by atomic mass is 16.5. The molecule has 0 aliphatic heterocycles. The topological polar surface area (TPSA) is 117 Å². The molecule has 0 radical (unpaired) electrons. The van der Waals surface area contributed by atoms with Gasteiger partial charge in [-0.3, -0.25) is 4.79 Å². The molecule has 0 spiro atoms. The van der Waals surface area contributed by atoms with E-state index in [1.165, 1.54) is 6.92 Å². The lowest BCUT2D eigenvalue weighted by Crippen LogP contribution is -2.29. The van der Waals surface area contributed by atoms with E-state index in [1.807, 2.05) is 18.3 Å². The molecule has 2 aromatic heterocycles. The standard InChI is InChI=1S/C25H33N5O4/c1-16(2)6-5-11-34-23-13-21(19(12-22(23)33-4)15-28-17(3)31)30-25(32)29-14-18-7-9-26-24-20(18)8-10-27-24/h7-10,12-13,16H,5-6,11,14-15H2,1-4H3,(H,26,27)(H,28,31)(H2,29,30,32). The van der Waals surface area contributed by atoms with Gasteiger partial charge in [0.05, 0.1) is 19.4 Å². The van der Waals surface area contributed by atoms with Gasteiger partial charge >= 0.3 is 6.03 Å². The van der Waals surface area contributed by atoms with Gasteiger partial charge < -0.3 is 30.4 Å². The second-order valence-corrected chi connectivity index (χ2v) is 8.47. The smallest absolute Gasteiger partial charge is 0.319 e. The number of urea groups is 1. The number of methoxy groups -OCH3 is 1. The summed E-state index contributed by atoms with van der Waals surface area (Å²) < 4.78 is 11.5. The fourth-order valence-electron chi connectivity index (χ4n) is 3.54. The third-order valence-electron chi connectivity index (χ3n) is 5.34. The number of carbonyl (C=O) groups is 2. The SMILES string of the molecule is COc1cc(CNC(C)=O)c(NC(=O)NCc2ccnc3[nH]ccc23)cc1OCCCC(C)C. The molecule has 0 fully saturated rings. The van der Waals surface area contributed by atoms with Crippen LogP contribution in [0.5, 0.6) is 11.5 Å². The molecule has 9 nitrogen and oxygen atoms in total. The molecule has 0 saturated heterocycles. The lowest BCUT2D eigenvalue weighted by Gasteiger charge is -2.18. The molecular formula is C25H33N5O4. The zero-order valence-electron chi connectivity index (χ0n) is 20.2. The van der Waals surface area contributed by atoms with Crippen LogP contribution in [0.2, 0.25) is 0 Å². The van der Waals surface area contributed by atoms with E-state index in [4.69, 9.17) is 9.47 Å². The number of hydrogen-bond donors (Lipinski definition) is 4. The van der Waals surface area contributed by atoms with Crippen molar-refractivity contribution in [3.8, 4) is 11.5 Å². The minimum absolute atomic E-state index is 0.170. The summed E-state index contributed by atoms with van der Waals surface area (Å²) in [7, 11) is 1.56. The van der Waals surface area contributed by atoms with Crippen molar-refractivity contribution in [1.29, 1.82) is 0 Å². The van der Waals surface area contributed by atoms with Crippen LogP contribution in [0.4, 0.5) is 10.5 Å². The molecule has 3 aromatic rings. The zero-order valence-corrected chi connectivity index (χ0v) is 20.2. The summed E-state index contributed by atoms with van der Waals surface area (Å²) in [6.07, 6.45) is 5.48. The van der Waals surface area contributed by atoms with Crippen molar-refractivity contribution in [3.05, 3.63) is 47.8 Å². The van der Waals surface area contributed by atoms with Crippen LogP contribution in [0.1, 0.15) is 44.7 Å². The Hall–Kier alpha value is -3.75. The maximum Gasteiger partial charge on any atom is 0.319 e. The fraction of sp³-hybridized carbons (Fsp3) is 0.400. The van der Waals surface area contributed by atoms with Gasteiger partial charge in [-0.25, -0.2) is 9.78 Å². The molecule has 3 amide bonds. The number of aromatic amines is 1. The van der Waals surface area contributed by atoms with Crippen molar-refractivity contribution in [1.82, 2.24) is 20.6 Å². The maximum atomic E-state index is 12.7. The number of aromatic nitrogens is 2. The van der Waals surface area contributed by atoms with Crippen LogP contribution in [0.15, 0.2) is 36.7 Å². The lowest BCUT2D eigenvalue weighted by atomic mass is 10.1. The first kappa shape index (κ1) is 24.9. The van der Waals surface area contributed by atoms with Crippen molar-refractivity contribution in [2.24, 2.45) is 5.92 Å². The summed E-state index contributed by atoms with van der Waals surface area (Å²) in [6.45, 7) is 6.90. The van der Waals surface area contributed by atoms with Crippen LogP contribution in [0, 0.1) is 5.92 Å². The van der Waals surface area contributed by atoms with E-state index in [0.717, 1.165) is 29.4 Å². The third kappa shape index (κ3) is 6.87. The third-order valence-corrected chi connectivity index (χ3v) is 5.34. The Bertz CT molecular complexity index is 1130. The Kier molecular flexibility index (Phi) is 8.73. The quantitative estimate of drug-likeness (QED) is 0.313. The number of nitrogens with one attached hydrogen (secondary N) is 4. The van der Waals surface area contributed by atoms with Crippen LogP contribution in [-0.2, 0) is 17.9 Å². The molecule has 0 aliphatic carbocycles. The summed E-state index contributed by atoms with van der Waals surface area (Å²) in [5.41, 5.74) is 2.96. The van der Waals surface area contributed by atoms with Crippen molar-refractivity contribution in [3.63, 3.8) is 0 Å². The molecule has 3 rings (SSSR count). The molecule has 1 aromatic carbocycles. The van der Waals surface area contributed by atoms with Gasteiger partial charge in [-0.2, -0.15) is 0 Å². The molecule has 182 valence electrons. The molecule has 4 N–H and O–H groups in total. The van der Waals surface area contributed by atoms with E-state index in [1.54, 1.807) is 25.4 Å². The second-order valence-electron chi connectivity index (χ2n) is 8.47. The number of rotatable bonds is 11. The van der Waals surface area contributed by atoms with E-state index >= 15 is 0 Å². The number of pyridine rings is 1. The average molecular weight is 468 g/mol. The summed E-state index contributed by atoms with van der Waals surface area (Å²) in [4.78, 5) is 31.5. The van der Waals surface area contributed by atoms with E-state index in [-0.39, 0.29) is 18.5 Å². The number of H-pyrrole nitrogens is 1. The lowest BCUT2D eigenvalue weighted by molar-refractivity contribution is -0.119. The predicted molar refractivity (Wildman–Crippen MR) is 132 cm³/mol. The molecule has 0 bridgehead atoms. The number of ether oxygens (including phenoxy) is 2. The molecule has 0 aliphatic rings. The highest BCUT2D eigenvalue weighted by Gasteiger charge is 2.15. The summed E-state index contributed by atoms with van der Waals surface area (Å²) in [6, 6.07) is 6.93. The van der Waals surface area contributed by atoms with Crippen LogP contribution in [0.25, 0.3) is 11.0 Å². The first-order valence-corrected chi connectivity index (χ1v) is 11.4. The van der Waals surface area contributed by atoms with Crippen LogP contribution >= 0.6 is 0 Å². The average Bonchev–Trinajstić information content (AvgIpc) is 3.29. The minimum atomic E-state index is -0.375. The van der Waals surface area contributed by atoms with Gasteiger partial charge in [0, 0.05) is 43.9 Å². The molecule has 0 atom stereocenters. The highest BCUT2D eigenvalue weighted by Crippen LogP contribution is 2.34. The number of anilines is 1. The molecule has 0 saturated carbocycles. The van der Waals surface area contributed by atoms with Crippen molar-refractivity contribution >= 4 is 28.7 Å². The van der Waals surface area contributed by atoms with Gasteiger partial charge in [0.2, 0.25) is 5.91 Å². The number of carbonyl (C=O) groups excluding carboxylic acids is 2.